The Labute approximate surface area is 107 Å². The molecule has 0 bridgehead atoms. The van der Waals surface area contributed by atoms with Crippen LogP contribution in [0, 0.1) is 11.6 Å². The molecule has 1 heterocycles. The van der Waals surface area contributed by atoms with Crippen LogP contribution in [-0.2, 0) is 22.4 Å². The van der Waals surface area contributed by atoms with Crippen molar-refractivity contribution < 1.29 is 22.8 Å². The van der Waals surface area contributed by atoms with Gasteiger partial charge in [0.25, 0.3) is 6.47 Å². The topological polar surface area (TPSA) is 65.2 Å². The van der Waals surface area contributed by atoms with Crippen molar-refractivity contribution in [3.05, 3.63) is 47.6 Å². The highest BCUT2D eigenvalue weighted by Crippen LogP contribution is 2.13. The minimum absolute atomic E-state index is 0.155. The van der Waals surface area contributed by atoms with Crippen LogP contribution in [0.2, 0.25) is 0 Å². The number of carbonyl (C=O) groups excluding carboxylic acids is 1. The lowest BCUT2D eigenvalue weighted by molar-refractivity contribution is -0.133. The fraction of sp³-hybridized carbons (Fsp3) is 0.250. The van der Waals surface area contributed by atoms with E-state index in [-0.39, 0.29) is 19.3 Å². The summed E-state index contributed by atoms with van der Waals surface area (Å²) in [6, 6.07) is 3.14. The molecular weight excluding hydrogens is 258 g/mol. The molecular formula is C12H10F2N2O3. The molecule has 100 valence electrons. The lowest BCUT2D eigenvalue weighted by Crippen LogP contribution is -2.19. The van der Waals surface area contributed by atoms with E-state index < -0.39 is 17.7 Å². The van der Waals surface area contributed by atoms with E-state index in [9.17, 15) is 13.6 Å². The molecule has 0 spiro atoms. The Morgan fingerprint density at radius 3 is 2.58 bits per heavy atom. The lowest BCUT2D eigenvalue weighted by Gasteiger charge is -2.13. The van der Waals surface area contributed by atoms with Crippen LogP contribution >= 0.6 is 0 Å². The first-order valence-electron chi connectivity index (χ1n) is 5.46. The number of hydrogen-bond donors (Lipinski definition) is 0. The first kappa shape index (κ1) is 13.1. The second-order valence-electron chi connectivity index (χ2n) is 3.89. The third kappa shape index (κ3) is 3.84. The number of carbonyl (C=O) groups is 1. The Balaban J connectivity index is 2.09. The molecule has 0 radical (unpaired) electrons. The van der Waals surface area contributed by atoms with Crippen LogP contribution in [-0.4, -0.2) is 22.7 Å². The fourth-order valence-corrected chi connectivity index (χ4v) is 1.72. The zero-order valence-corrected chi connectivity index (χ0v) is 9.75. The highest BCUT2D eigenvalue weighted by molar-refractivity contribution is 5.37. The largest absolute Gasteiger partial charge is 0.464 e. The van der Waals surface area contributed by atoms with E-state index in [1.807, 2.05) is 0 Å². The summed E-state index contributed by atoms with van der Waals surface area (Å²) >= 11 is 0. The summed E-state index contributed by atoms with van der Waals surface area (Å²) in [5.74, 6) is -1.01. The second kappa shape index (κ2) is 6.03. The van der Waals surface area contributed by atoms with Gasteiger partial charge < -0.3 is 9.26 Å². The number of aromatic nitrogens is 2. The smallest absolute Gasteiger partial charge is 0.293 e. The summed E-state index contributed by atoms with van der Waals surface area (Å²) in [7, 11) is 0. The van der Waals surface area contributed by atoms with Gasteiger partial charge in [-0.1, -0.05) is 5.16 Å². The zero-order chi connectivity index (χ0) is 13.7. The van der Waals surface area contributed by atoms with Gasteiger partial charge in [-0.05, 0) is 17.7 Å². The van der Waals surface area contributed by atoms with Crippen molar-refractivity contribution in [2.75, 3.05) is 0 Å². The normalized spacial score (nSPS) is 12.1. The zero-order valence-electron chi connectivity index (χ0n) is 9.75. The van der Waals surface area contributed by atoms with Crippen LogP contribution in [0.1, 0.15) is 11.4 Å². The van der Waals surface area contributed by atoms with E-state index >= 15 is 0 Å². The summed E-state index contributed by atoms with van der Waals surface area (Å²) in [6.07, 6.45) is 0.890. The first-order chi connectivity index (χ1) is 9.17. The van der Waals surface area contributed by atoms with Crippen molar-refractivity contribution in [3.8, 4) is 0 Å². The van der Waals surface area contributed by atoms with Gasteiger partial charge in [0, 0.05) is 18.9 Å². The van der Waals surface area contributed by atoms with Gasteiger partial charge in [-0.25, -0.2) is 8.78 Å². The molecule has 7 heteroatoms. The highest BCUT2D eigenvalue weighted by atomic mass is 19.1. The van der Waals surface area contributed by atoms with Gasteiger partial charge in [0.15, 0.2) is 5.82 Å². The number of halogens is 2. The van der Waals surface area contributed by atoms with Gasteiger partial charge in [0.2, 0.25) is 6.39 Å². The predicted octanol–water partition coefficient (Wildman–Crippen LogP) is 1.67. The SMILES string of the molecule is O=COC(Cc1cc(F)cc(F)c1)Cc1ncon1. The lowest BCUT2D eigenvalue weighted by atomic mass is 10.0. The van der Waals surface area contributed by atoms with E-state index in [4.69, 9.17) is 4.74 Å². The average Bonchev–Trinajstić information content (AvgIpc) is 2.80. The third-order valence-electron chi connectivity index (χ3n) is 2.45. The molecule has 2 rings (SSSR count). The van der Waals surface area contributed by atoms with Crippen molar-refractivity contribution >= 4 is 6.47 Å². The second-order valence-corrected chi connectivity index (χ2v) is 3.89. The number of hydrogen-bond acceptors (Lipinski definition) is 5. The van der Waals surface area contributed by atoms with Crippen molar-refractivity contribution in [1.29, 1.82) is 0 Å². The van der Waals surface area contributed by atoms with Gasteiger partial charge in [0.1, 0.15) is 17.7 Å². The molecule has 0 saturated carbocycles. The molecule has 0 N–H and O–H groups in total. The van der Waals surface area contributed by atoms with E-state index in [0.717, 1.165) is 12.5 Å². The standard InChI is InChI=1S/C12H10F2N2O3/c13-9-1-8(2-10(14)4-9)3-11(18-7-17)5-12-15-6-19-16-12/h1-2,4,6-7,11H,3,5H2. The molecule has 1 aromatic heterocycles. The maximum absolute atomic E-state index is 13.1. The minimum Gasteiger partial charge on any atom is -0.464 e. The van der Waals surface area contributed by atoms with Gasteiger partial charge in [0.05, 0.1) is 0 Å². The van der Waals surface area contributed by atoms with Crippen molar-refractivity contribution in [2.45, 2.75) is 18.9 Å². The maximum atomic E-state index is 13.1. The van der Waals surface area contributed by atoms with Gasteiger partial charge in [-0.2, -0.15) is 4.98 Å². The molecule has 0 fully saturated rings. The Hall–Kier alpha value is -2.31. The van der Waals surface area contributed by atoms with E-state index in [2.05, 4.69) is 14.7 Å². The van der Waals surface area contributed by atoms with Gasteiger partial charge in [-0.15, -0.1) is 0 Å². The van der Waals surface area contributed by atoms with Crippen molar-refractivity contribution in [3.63, 3.8) is 0 Å². The molecule has 2 aromatic rings. The van der Waals surface area contributed by atoms with E-state index in [1.54, 1.807) is 0 Å². The molecule has 1 atom stereocenters. The fourth-order valence-electron chi connectivity index (χ4n) is 1.72. The third-order valence-corrected chi connectivity index (χ3v) is 2.45. The molecule has 1 aromatic carbocycles. The summed E-state index contributed by atoms with van der Waals surface area (Å²) < 4.78 is 35.5. The minimum atomic E-state index is -0.681. The predicted molar refractivity (Wildman–Crippen MR) is 59.0 cm³/mol. The summed E-state index contributed by atoms with van der Waals surface area (Å²) in [5.41, 5.74) is 0.382. The molecule has 0 saturated heterocycles. The van der Waals surface area contributed by atoms with E-state index in [0.29, 0.717) is 11.4 Å². The molecule has 0 amide bonds. The Morgan fingerprint density at radius 1 is 1.26 bits per heavy atom. The van der Waals surface area contributed by atoms with Gasteiger partial charge >= 0.3 is 0 Å². The average molecular weight is 268 g/mol. The number of rotatable bonds is 6. The number of benzene rings is 1. The quantitative estimate of drug-likeness (QED) is 0.746. The molecule has 0 aliphatic heterocycles. The van der Waals surface area contributed by atoms with Crippen LogP contribution in [0.15, 0.2) is 29.1 Å². The molecule has 1 unspecified atom stereocenters. The van der Waals surface area contributed by atoms with Crippen LogP contribution in [0.5, 0.6) is 0 Å². The summed E-state index contributed by atoms with van der Waals surface area (Å²) in [5, 5.41) is 3.58. The van der Waals surface area contributed by atoms with Crippen molar-refractivity contribution in [2.24, 2.45) is 0 Å². The molecule has 5 nitrogen and oxygen atoms in total. The number of ether oxygens (including phenoxy) is 1. The van der Waals surface area contributed by atoms with E-state index in [1.165, 1.54) is 12.1 Å². The Morgan fingerprint density at radius 2 is 2.00 bits per heavy atom. The number of nitrogens with zero attached hydrogens (tertiary/aromatic N) is 2. The monoisotopic (exact) mass is 268 g/mol. The van der Waals surface area contributed by atoms with Crippen molar-refractivity contribution in [1.82, 2.24) is 10.1 Å². The molecule has 0 aliphatic carbocycles. The summed E-state index contributed by atoms with van der Waals surface area (Å²) in [4.78, 5) is 14.2. The van der Waals surface area contributed by atoms with Crippen LogP contribution in [0.3, 0.4) is 0 Å². The van der Waals surface area contributed by atoms with Crippen LogP contribution < -0.4 is 0 Å². The Bertz CT molecular complexity index is 526. The van der Waals surface area contributed by atoms with Gasteiger partial charge in [-0.3, -0.25) is 4.79 Å². The maximum Gasteiger partial charge on any atom is 0.293 e. The Kier molecular flexibility index (Phi) is 4.17. The highest BCUT2D eigenvalue weighted by Gasteiger charge is 2.15. The first-order valence-corrected chi connectivity index (χ1v) is 5.46. The van der Waals surface area contributed by atoms with Crippen LogP contribution in [0.4, 0.5) is 8.78 Å². The summed E-state index contributed by atoms with van der Waals surface area (Å²) in [6.45, 7) is 0.278. The molecule has 0 aliphatic rings. The van der Waals surface area contributed by atoms with Crippen LogP contribution in [0.25, 0.3) is 0 Å². The molecule has 19 heavy (non-hydrogen) atoms.